The number of aliphatic hydroxyl groups excluding tert-OH is 1. The molecule has 1 heterocycles. The van der Waals surface area contributed by atoms with Gasteiger partial charge >= 0.3 is 18.2 Å². The number of alkyl halides is 5. The van der Waals surface area contributed by atoms with Crippen LogP contribution in [0.25, 0.3) is 0 Å². The van der Waals surface area contributed by atoms with Crippen molar-refractivity contribution in [3.63, 3.8) is 0 Å². The summed E-state index contributed by atoms with van der Waals surface area (Å²) in [7, 11) is -1.50. The SMILES string of the molecule is C[C@]12CC[C@@H]3c4ccc(OC(=O)Nc5ccc(N6CCCCC6)cc5)cc4C[C@@H](CCCS(=O)CCCC(F)(F)C(F)(F)F)[C@H]3[C@@H]1CC[C@@H]2O. The lowest BCUT2D eigenvalue weighted by molar-refractivity contribution is -0.284. The summed E-state index contributed by atoms with van der Waals surface area (Å²) in [6, 6.07) is 13.6. The number of ether oxygens (including phenoxy) is 1. The zero-order valence-corrected chi connectivity index (χ0v) is 29.5. The molecule has 0 aromatic heterocycles. The largest absolute Gasteiger partial charge is 0.453 e. The molecule has 6 rings (SSSR count). The first-order valence-corrected chi connectivity index (χ1v) is 19.7. The molecule has 0 spiro atoms. The van der Waals surface area contributed by atoms with Crippen molar-refractivity contribution >= 4 is 28.3 Å². The standard InChI is InChI=1S/C38H49F5N2O4S/c1-36-18-16-31-30-13-12-29(49-35(47)44-27-8-10-28(11-9-27)45-19-3-2-4-20-45)24-26(30)23-25(34(31)32(36)14-15-33(36)46)7-5-21-50(48)22-6-17-37(39,40)38(41,42)43/h8-13,24-25,31-34,46H,2-7,14-23H2,1H3,(H,44,47)/t25-,31-,32+,33+,34-,36+,50?/m1/s1. The van der Waals surface area contributed by atoms with E-state index in [1.165, 1.54) is 24.8 Å². The monoisotopic (exact) mass is 724 g/mol. The average Bonchev–Trinajstić information content (AvgIpc) is 3.38. The lowest BCUT2D eigenvalue weighted by atomic mass is 9.52. The number of anilines is 2. The summed E-state index contributed by atoms with van der Waals surface area (Å²) < 4.78 is 82.6. The quantitative estimate of drug-likeness (QED) is 0.226. The molecule has 3 fully saturated rings. The van der Waals surface area contributed by atoms with Crippen LogP contribution in [0.5, 0.6) is 5.75 Å². The van der Waals surface area contributed by atoms with Crippen LogP contribution in [0, 0.1) is 23.2 Å². The Morgan fingerprint density at radius 3 is 2.44 bits per heavy atom. The maximum atomic E-state index is 13.3. The summed E-state index contributed by atoms with van der Waals surface area (Å²) in [6.07, 6.45) is 0.817. The fourth-order valence-corrected chi connectivity index (χ4v) is 10.6. The van der Waals surface area contributed by atoms with Gasteiger partial charge in [0.2, 0.25) is 0 Å². The number of fused-ring (bicyclic) bond motifs is 5. The Kier molecular flexibility index (Phi) is 11.2. The molecule has 1 amide bonds. The number of rotatable bonds is 11. The molecule has 6 nitrogen and oxygen atoms in total. The van der Waals surface area contributed by atoms with Crippen LogP contribution in [0.2, 0.25) is 0 Å². The van der Waals surface area contributed by atoms with E-state index in [9.17, 15) is 36.1 Å². The number of piperidine rings is 1. The van der Waals surface area contributed by atoms with Gasteiger partial charge in [-0.05, 0) is 147 Å². The smallest absolute Gasteiger partial charge is 0.410 e. The normalized spacial score (nSPS) is 28.7. The van der Waals surface area contributed by atoms with Crippen molar-refractivity contribution in [1.29, 1.82) is 0 Å². The Morgan fingerprint density at radius 1 is 1.00 bits per heavy atom. The molecule has 2 aromatic rings. The molecular formula is C38H49F5N2O4S. The number of carbonyl (C=O) groups is 1. The van der Waals surface area contributed by atoms with Gasteiger partial charge in [0, 0.05) is 53.2 Å². The summed E-state index contributed by atoms with van der Waals surface area (Å²) in [4.78, 5) is 15.3. The molecule has 2 N–H and O–H groups in total. The molecule has 0 bridgehead atoms. The third kappa shape index (κ3) is 8.01. The molecule has 4 aliphatic rings. The fraction of sp³-hybridized carbons (Fsp3) is 0.658. The van der Waals surface area contributed by atoms with Crippen molar-refractivity contribution in [1.82, 2.24) is 0 Å². The molecule has 1 saturated heterocycles. The molecular weight excluding hydrogens is 675 g/mol. The minimum Gasteiger partial charge on any atom is -0.410 e. The topological polar surface area (TPSA) is 78.9 Å². The first-order valence-electron chi connectivity index (χ1n) is 18.2. The summed E-state index contributed by atoms with van der Waals surface area (Å²) >= 11 is 0. The van der Waals surface area contributed by atoms with Gasteiger partial charge in [-0.3, -0.25) is 9.53 Å². The van der Waals surface area contributed by atoms with Gasteiger partial charge in [-0.25, -0.2) is 4.79 Å². The number of nitrogens with zero attached hydrogens (tertiary/aromatic N) is 1. The first kappa shape index (κ1) is 37.0. The van der Waals surface area contributed by atoms with Crippen LogP contribution >= 0.6 is 0 Å². The summed E-state index contributed by atoms with van der Waals surface area (Å²) in [5, 5.41) is 13.8. The highest BCUT2D eigenvalue weighted by Crippen LogP contribution is 2.62. The molecule has 3 aliphatic carbocycles. The molecule has 12 heteroatoms. The van der Waals surface area contributed by atoms with Gasteiger partial charge in [0.25, 0.3) is 0 Å². The van der Waals surface area contributed by atoms with Crippen LogP contribution in [0.1, 0.15) is 94.6 Å². The number of hydrogen-bond acceptors (Lipinski definition) is 5. The molecule has 1 aliphatic heterocycles. The Labute approximate surface area is 294 Å². The first-order chi connectivity index (χ1) is 23.7. The second kappa shape index (κ2) is 15.1. The number of halogens is 5. The highest BCUT2D eigenvalue weighted by atomic mass is 32.2. The number of carbonyl (C=O) groups excluding carboxylic acids is 1. The summed E-state index contributed by atoms with van der Waals surface area (Å²) in [5.41, 5.74) is 3.96. The van der Waals surface area contributed by atoms with E-state index in [-0.39, 0.29) is 34.9 Å². The molecule has 276 valence electrons. The van der Waals surface area contributed by atoms with E-state index in [0.717, 1.165) is 62.9 Å². The van der Waals surface area contributed by atoms with Crippen molar-refractivity contribution in [3.05, 3.63) is 53.6 Å². The second-order valence-electron chi connectivity index (χ2n) is 15.2. The lowest BCUT2D eigenvalue weighted by Crippen LogP contribution is -2.47. The predicted octanol–water partition coefficient (Wildman–Crippen LogP) is 9.24. The van der Waals surface area contributed by atoms with E-state index in [4.69, 9.17) is 4.74 Å². The second-order valence-corrected chi connectivity index (χ2v) is 16.9. The minimum absolute atomic E-state index is 0.170. The molecule has 2 aromatic carbocycles. The van der Waals surface area contributed by atoms with Crippen molar-refractivity contribution in [3.8, 4) is 5.75 Å². The average molecular weight is 725 g/mol. The van der Waals surface area contributed by atoms with E-state index in [0.29, 0.717) is 29.7 Å². The van der Waals surface area contributed by atoms with Crippen LogP contribution in [0.3, 0.4) is 0 Å². The van der Waals surface area contributed by atoms with Crippen LogP contribution < -0.4 is 15.0 Å². The Balaban J connectivity index is 1.10. The van der Waals surface area contributed by atoms with E-state index >= 15 is 0 Å². The maximum Gasteiger partial charge on any atom is 0.453 e. The van der Waals surface area contributed by atoms with E-state index in [1.807, 2.05) is 36.4 Å². The van der Waals surface area contributed by atoms with Crippen LogP contribution in [0.4, 0.5) is 38.1 Å². The molecule has 50 heavy (non-hydrogen) atoms. The highest BCUT2D eigenvalue weighted by Gasteiger charge is 2.57. The van der Waals surface area contributed by atoms with Gasteiger partial charge in [0.1, 0.15) is 5.75 Å². The van der Waals surface area contributed by atoms with Gasteiger partial charge < -0.3 is 14.7 Å². The third-order valence-electron chi connectivity index (χ3n) is 12.1. The van der Waals surface area contributed by atoms with Crippen molar-refractivity contribution < 1.29 is 40.8 Å². The minimum atomic E-state index is -5.60. The number of benzene rings is 2. The van der Waals surface area contributed by atoms with Crippen molar-refractivity contribution in [2.45, 2.75) is 108 Å². The Bertz CT molecular complexity index is 1520. The Morgan fingerprint density at radius 2 is 1.72 bits per heavy atom. The summed E-state index contributed by atoms with van der Waals surface area (Å²) in [5.74, 6) is -3.18. The number of amides is 1. The Hall–Kier alpha value is -2.73. The third-order valence-corrected chi connectivity index (χ3v) is 13.6. The number of hydrogen-bond donors (Lipinski definition) is 2. The van der Waals surface area contributed by atoms with Crippen molar-refractivity contribution in [2.75, 3.05) is 34.8 Å². The fourth-order valence-electron chi connectivity index (χ4n) is 9.45. The van der Waals surface area contributed by atoms with E-state index < -0.39 is 41.8 Å². The molecule has 0 radical (unpaired) electrons. The number of nitrogens with one attached hydrogen (secondary N) is 1. The molecule has 2 saturated carbocycles. The van der Waals surface area contributed by atoms with Crippen LogP contribution in [0.15, 0.2) is 42.5 Å². The van der Waals surface area contributed by atoms with Gasteiger partial charge in [0.05, 0.1) is 6.10 Å². The maximum absolute atomic E-state index is 13.3. The van der Waals surface area contributed by atoms with Crippen molar-refractivity contribution in [2.24, 2.45) is 23.2 Å². The summed E-state index contributed by atoms with van der Waals surface area (Å²) in [6.45, 7) is 4.27. The van der Waals surface area contributed by atoms with Gasteiger partial charge in [0.15, 0.2) is 0 Å². The molecule has 7 atom stereocenters. The zero-order chi connectivity index (χ0) is 35.7. The van der Waals surface area contributed by atoms with Gasteiger partial charge in [-0.1, -0.05) is 13.0 Å². The van der Waals surface area contributed by atoms with Gasteiger partial charge in [-0.2, -0.15) is 22.0 Å². The van der Waals surface area contributed by atoms with E-state index in [1.54, 1.807) is 0 Å². The highest BCUT2D eigenvalue weighted by molar-refractivity contribution is 7.84. The predicted molar refractivity (Wildman–Crippen MR) is 185 cm³/mol. The lowest BCUT2D eigenvalue weighted by Gasteiger charge is -2.53. The molecule has 1 unspecified atom stereocenters. The zero-order valence-electron chi connectivity index (χ0n) is 28.7. The number of aliphatic hydroxyl groups is 1. The van der Waals surface area contributed by atoms with Crippen LogP contribution in [-0.4, -0.2) is 58.2 Å². The van der Waals surface area contributed by atoms with Crippen LogP contribution in [-0.2, 0) is 17.2 Å². The van der Waals surface area contributed by atoms with Gasteiger partial charge in [-0.15, -0.1) is 0 Å². The van der Waals surface area contributed by atoms with E-state index in [2.05, 4.69) is 23.2 Å².